The monoisotopic (exact) mass is 818 g/mol. The third-order valence-electron chi connectivity index (χ3n) is 13.1. The summed E-state index contributed by atoms with van der Waals surface area (Å²) in [7, 11) is -11.3. The molecule has 5 heterocycles. The number of benzene rings is 2. The van der Waals surface area contributed by atoms with Crippen molar-refractivity contribution in [1.29, 1.82) is 0 Å². The van der Waals surface area contributed by atoms with E-state index in [1.807, 2.05) is 12.1 Å². The van der Waals surface area contributed by atoms with Gasteiger partial charge in [-0.1, -0.05) is 42.5 Å². The van der Waals surface area contributed by atoms with Crippen molar-refractivity contribution in [3.05, 3.63) is 94.2 Å². The molecule has 6 aliphatic rings. The van der Waals surface area contributed by atoms with Crippen LogP contribution in [0.3, 0.4) is 0 Å². The van der Waals surface area contributed by atoms with Crippen molar-refractivity contribution < 1.29 is 49.9 Å². The lowest BCUT2D eigenvalue weighted by molar-refractivity contribution is -0.445. The largest absolute Gasteiger partial charge is 0.747 e. The van der Waals surface area contributed by atoms with Gasteiger partial charge in [0, 0.05) is 72.9 Å². The van der Waals surface area contributed by atoms with E-state index in [4.69, 9.17) is 9.84 Å². The first-order valence-electron chi connectivity index (χ1n) is 19.7. The number of fused-ring (bicyclic) bond motifs is 9. The topological polar surface area (TPSA) is 187 Å². The maximum atomic E-state index is 13.6. The molecule has 57 heavy (non-hydrogen) atoms. The van der Waals surface area contributed by atoms with Gasteiger partial charge in [0.1, 0.15) is 20.2 Å². The van der Waals surface area contributed by atoms with Crippen LogP contribution in [0.1, 0.15) is 83.3 Å². The van der Waals surface area contributed by atoms with Crippen LogP contribution in [-0.4, -0.2) is 101 Å². The summed E-state index contributed by atoms with van der Waals surface area (Å²) in [5.74, 6) is -1.57. The molecule has 0 spiro atoms. The number of carboxylic acid groups (broad SMARTS) is 1. The van der Waals surface area contributed by atoms with Crippen molar-refractivity contribution in [3.63, 3.8) is 0 Å². The number of anilines is 1. The van der Waals surface area contributed by atoms with Crippen LogP contribution in [0.25, 0.3) is 0 Å². The normalized spacial score (nSPS) is 25.7. The number of ether oxygens (including phenoxy) is 1. The smallest absolute Gasteiger partial charge is 0.303 e. The van der Waals surface area contributed by atoms with Crippen LogP contribution < -0.4 is 4.90 Å². The zero-order valence-electron chi connectivity index (χ0n) is 32.3. The second kappa shape index (κ2) is 14.3. The van der Waals surface area contributed by atoms with Crippen molar-refractivity contribution in [3.8, 4) is 0 Å². The van der Waals surface area contributed by atoms with E-state index >= 15 is 0 Å². The Morgan fingerprint density at radius 1 is 0.947 bits per heavy atom. The second-order valence-corrected chi connectivity index (χ2v) is 20.3. The first-order valence-corrected chi connectivity index (χ1v) is 22.7. The van der Waals surface area contributed by atoms with Crippen LogP contribution in [-0.2, 0) is 45.4 Å². The Balaban J connectivity index is 1.11. The molecule has 0 fully saturated rings. The molecule has 4 atom stereocenters. The van der Waals surface area contributed by atoms with Gasteiger partial charge in [-0.15, -0.1) is 0 Å². The molecule has 0 saturated heterocycles. The van der Waals surface area contributed by atoms with Crippen LogP contribution in [0.5, 0.6) is 0 Å². The molecular formula is C42H48N3O10S2-. The molecule has 0 aromatic heterocycles. The van der Waals surface area contributed by atoms with Gasteiger partial charge in [0.2, 0.25) is 11.6 Å². The van der Waals surface area contributed by atoms with Crippen molar-refractivity contribution >= 4 is 49.2 Å². The van der Waals surface area contributed by atoms with E-state index in [2.05, 4.69) is 78.8 Å². The quantitative estimate of drug-likeness (QED) is 0.229. The molecule has 5 aliphatic heterocycles. The van der Waals surface area contributed by atoms with Crippen molar-refractivity contribution in [2.75, 3.05) is 31.1 Å². The van der Waals surface area contributed by atoms with Gasteiger partial charge >= 0.3 is 5.97 Å². The van der Waals surface area contributed by atoms with Gasteiger partial charge in [-0.3, -0.25) is 9.59 Å². The summed E-state index contributed by atoms with van der Waals surface area (Å²) >= 11 is 0. The molecule has 2 aromatic carbocycles. The molecule has 1 aliphatic carbocycles. The molecule has 304 valence electrons. The average Bonchev–Trinajstić information content (AvgIpc) is 3.54. The maximum absolute atomic E-state index is 13.6. The minimum atomic E-state index is -5.63. The number of carboxylic acids is 1. The fourth-order valence-electron chi connectivity index (χ4n) is 10.5. The Labute approximate surface area is 333 Å². The third kappa shape index (κ3) is 6.88. The highest BCUT2D eigenvalue weighted by Gasteiger charge is 2.54. The van der Waals surface area contributed by atoms with Crippen LogP contribution >= 0.6 is 0 Å². The Morgan fingerprint density at radius 3 is 2.37 bits per heavy atom. The van der Waals surface area contributed by atoms with Crippen LogP contribution in [0.15, 0.2) is 83.1 Å². The molecule has 0 saturated carbocycles. The van der Waals surface area contributed by atoms with Gasteiger partial charge in [0.05, 0.1) is 17.6 Å². The number of carbonyl (C=O) groups is 2. The van der Waals surface area contributed by atoms with Crippen LogP contribution in [0.4, 0.5) is 11.4 Å². The first kappa shape index (κ1) is 39.7. The summed E-state index contributed by atoms with van der Waals surface area (Å²) < 4.78 is 77.3. The second-order valence-electron chi connectivity index (χ2n) is 16.9. The Hall–Kier alpha value is -4.15. The van der Waals surface area contributed by atoms with E-state index < -0.39 is 48.7 Å². The van der Waals surface area contributed by atoms with Crippen molar-refractivity contribution in [2.24, 2.45) is 5.92 Å². The molecular weight excluding hydrogens is 771 g/mol. The van der Waals surface area contributed by atoms with Gasteiger partial charge in [0.15, 0.2) is 16.8 Å². The molecule has 1 N–H and O–H groups in total. The summed E-state index contributed by atoms with van der Waals surface area (Å²) in [6.07, 6.45) is 7.64. The van der Waals surface area contributed by atoms with E-state index in [0.717, 1.165) is 54.1 Å². The molecule has 15 heteroatoms. The van der Waals surface area contributed by atoms with E-state index in [1.165, 1.54) is 33.8 Å². The maximum Gasteiger partial charge on any atom is 0.303 e. The fraction of sp³-hybridized carbons (Fsp3) is 0.500. The number of allylic oxidation sites excluding steroid dienone is 3. The predicted molar refractivity (Wildman–Crippen MR) is 210 cm³/mol. The summed E-state index contributed by atoms with van der Waals surface area (Å²) in [4.78, 5) is 28.1. The summed E-state index contributed by atoms with van der Waals surface area (Å²) in [6, 6.07) is 16.9. The molecule has 4 unspecified atom stereocenters. The van der Waals surface area contributed by atoms with E-state index in [-0.39, 0.29) is 49.3 Å². The number of amides is 1. The standard InChI is InChI=1S/C42H49N3O10S2/c1-41(2)30-10-4-6-12-32(30)44-21-17-34-29(39(41)44)23-27-22-28-26(24-35(27)55-34)16-20-45-33-13-7-5-11-31(33)42(3,40(28)45)18-8-14-36(46)43(19-9-15-37(47)48)25-38(56(49,50)51)57(52,53)54/h4-7,10-13,22-23,26,34-35,38H,8-9,14-21,24-25H2,1-3H3,(H2-,47,48,49,50,51,52,53,54)/p-1. The molecule has 0 bridgehead atoms. The fourth-order valence-corrected chi connectivity index (χ4v) is 12.4. The lowest BCUT2D eigenvalue weighted by Gasteiger charge is -2.44. The highest BCUT2D eigenvalue weighted by molar-refractivity contribution is 8.03. The van der Waals surface area contributed by atoms with Crippen LogP contribution in [0.2, 0.25) is 0 Å². The van der Waals surface area contributed by atoms with Crippen molar-refractivity contribution in [1.82, 2.24) is 4.90 Å². The van der Waals surface area contributed by atoms with Gasteiger partial charge in [-0.05, 0) is 87.6 Å². The molecule has 13 nitrogen and oxygen atoms in total. The number of carbonyl (C=O) groups excluding carboxylic acids is 1. The predicted octanol–water partition coefficient (Wildman–Crippen LogP) is 4.82. The highest BCUT2D eigenvalue weighted by atomic mass is 32.3. The molecule has 2 aromatic rings. The minimum absolute atomic E-state index is 0.0156. The van der Waals surface area contributed by atoms with Gasteiger partial charge in [-0.2, -0.15) is 4.58 Å². The van der Waals surface area contributed by atoms with Crippen LogP contribution in [0, 0.1) is 5.92 Å². The van der Waals surface area contributed by atoms with E-state index in [1.54, 1.807) is 0 Å². The van der Waals surface area contributed by atoms with Gasteiger partial charge in [-0.25, -0.2) is 16.8 Å². The van der Waals surface area contributed by atoms with Crippen molar-refractivity contribution in [2.45, 2.75) is 99.8 Å². The number of rotatable bonds is 12. The third-order valence-corrected chi connectivity index (χ3v) is 16.1. The summed E-state index contributed by atoms with van der Waals surface area (Å²) in [5.41, 5.74) is 10.2. The Morgan fingerprint density at radius 2 is 1.65 bits per heavy atom. The summed E-state index contributed by atoms with van der Waals surface area (Å²) in [5, 5.41) is 9.14. The van der Waals surface area contributed by atoms with Gasteiger partial charge < -0.3 is 28.7 Å². The number of hydrogen-bond acceptors (Lipinski definition) is 10. The van der Waals surface area contributed by atoms with Gasteiger partial charge in [0.25, 0.3) is 0 Å². The number of aliphatic carboxylic acids is 1. The van der Waals surface area contributed by atoms with E-state index in [0.29, 0.717) is 12.8 Å². The average molecular weight is 819 g/mol. The lowest BCUT2D eigenvalue weighted by atomic mass is 9.69. The number of nitrogens with zero attached hydrogens (tertiary/aromatic N) is 3. The Kier molecular flexibility index (Phi) is 9.95. The first-order chi connectivity index (χ1) is 26.9. The number of hydrogen-bond donors (Lipinski definition) is 1. The zero-order chi connectivity index (χ0) is 40.7. The molecule has 0 radical (unpaired) electrons. The summed E-state index contributed by atoms with van der Waals surface area (Å²) in [6.45, 7) is 7.01. The number of para-hydroxylation sites is 2. The van der Waals surface area contributed by atoms with E-state index in [9.17, 15) is 35.5 Å². The SMILES string of the molecule is CC1(C)C2=[N+](CCC3OC4CC5CCN6C(=C5C=C4C=C23)C(C)(CCCC(=O)N(CCCC(=O)O)CC(S(=O)(=O)[O-])S(=O)(=O)[O-])c2ccccc26)c2ccccc21. The minimum Gasteiger partial charge on any atom is -0.747 e. The Bertz CT molecular complexity index is 2370. The molecule has 8 rings (SSSR count). The molecule has 1 amide bonds. The zero-order valence-corrected chi connectivity index (χ0v) is 34.0. The lowest BCUT2D eigenvalue weighted by Crippen LogP contribution is -2.46. The highest BCUT2D eigenvalue weighted by Crippen LogP contribution is 2.57.